The number of halogens is 2. The van der Waals surface area contributed by atoms with Gasteiger partial charge in [-0.15, -0.1) is 0 Å². The summed E-state index contributed by atoms with van der Waals surface area (Å²) >= 11 is 5.94. The zero-order chi connectivity index (χ0) is 25.6. The normalized spacial score (nSPS) is 16.9. The molecule has 2 N–H and O–H groups in total. The van der Waals surface area contributed by atoms with Crippen LogP contribution in [0, 0.1) is 5.82 Å². The predicted molar refractivity (Wildman–Crippen MR) is 142 cm³/mol. The van der Waals surface area contributed by atoms with E-state index < -0.39 is 5.82 Å². The van der Waals surface area contributed by atoms with Gasteiger partial charge in [0, 0.05) is 49.5 Å². The van der Waals surface area contributed by atoms with Gasteiger partial charge < -0.3 is 20.1 Å². The van der Waals surface area contributed by atoms with E-state index in [1.807, 2.05) is 12.1 Å². The lowest BCUT2D eigenvalue weighted by atomic mass is 9.96. The molecule has 0 unspecified atom stereocenters. The van der Waals surface area contributed by atoms with Crippen LogP contribution in [0.15, 0.2) is 48.8 Å². The van der Waals surface area contributed by atoms with E-state index in [-0.39, 0.29) is 17.0 Å². The average Bonchev–Trinajstić information content (AvgIpc) is 3.13. The highest BCUT2D eigenvalue weighted by Gasteiger charge is 2.22. The van der Waals surface area contributed by atoms with Gasteiger partial charge in [0.25, 0.3) is 0 Å². The van der Waals surface area contributed by atoms with Crippen LogP contribution in [0.4, 0.5) is 21.6 Å². The number of fused-ring (bicyclic) bond motifs is 1. The fourth-order valence-corrected chi connectivity index (χ4v) is 4.40. The van der Waals surface area contributed by atoms with Crippen LogP contribution >= 0.6 is 11.6 Å². The summed E-state index contributed by atoms with van der Waals surface area (Å²) in [5.41, 5.74) is 1.76. The Labute approximate surface area is 219 Å². The van der Waals surface area contributed by atoms with Crippen LogP contribution in [0.1, 0.15) is 25.7 Å². The van der Waals surface area contributed by atoms with Gasteiger partial charge in [0.05, 0.1) is 28.9 Å². The zero-order valence-corrected chi connectivity index (χ0v) is 21.1. The second kappa shape index (κ2) is 11.9. The number of amides is 1. The highest BCUT2D eigenvalue weighted by atomic mass is 35.5. The molecule has 1 aliphatic heterocycles. The Bertz CT molecular complexity index is 1290. The predicted octanol–water partition coefficient (Wildman–Crippen LogP) is 5.31. The molecule has 1 saturated carbocycles. The van der Waals surface area contributed by atoms with Gasteiger partial charge in [-0.2, -0.15) is 0 Å². The average molecular weight is 526 g/mol. The first-order valence-electron chi connectivity index (χ1n) is 12.5. The minimum Gasteiger partial charge on any atom is -0.488 e. The van der Waals surface area contributed by atoms with E-state index in [4.69, 9.17) is 21.1 Å². The minimum absolute atomic E-state index is 0.00647. The summed E-state index contributed by atoms with van der Waals surface area (Å²) in [6.45, 7) is 3.97. The molecular formula is C27H29ClFN5O3. The topological polar surface area (TPSA) is 88.6 Å². The van der Waals surface area contributed by atoms with Gasteiger partial charge in [-0.25, -0.2) is 14.4 Å². The van der Waals surface area contributed by atoms with Crippen molar-refractivity contribution in [2.45, 2.75) is 31.8 Å². The summed E-state index contributed by atoms with van der Waals surface area (Å²) in [7, 11) is 0. The maximum absolute atomic E-state index is 13.6. The van der Waals surface area contributed by atoms with Crippen molar-refractivity contribution in [1.29, 1.82) is 0 Å². The SMILES string of the molecule is O=C(/C=C/CN1CCCOCC1)Nc1cc2c(Nc3ccc(F)c(Cl)c3)ncnc2cc1OC1CCC1. The third-order valence-electron chi connectivity index (χ3n) is 6.47. The molecule has 2 fully saturated rings. The van der Waals surface area contributed by atoms with Crippen molar-refractivity contribution in [3.8, 4) is 5.75 Å². The van der Waals surface area contributed by atoms with Crippen LogP contribution in [-0.4, -0.2) is 59.7 Å². The summed E-state index contributed by atoms with van der Waals surface area (Å²) in [5.74, 6) is 0.315. The van der Waals surface area contributed by atoms with Gasteiger partial charge in [-0.3, -0.25) is 9.69 Å². The van der Waals surface area contributed by atoms with Crippen molar-refractivity contribution in [3.63, 3.8) is 0 Å². The lowest BCUT2D eigenvalue weighted by Crippen LogP contribution is -2.26. The molecule has 1 amide bonds. The molecule has 1 aliphatic carbocycles. The van der Waals surface area contributed by atoms with Gasteiger partial charge in [0.15, 0.2) is 0 Å². The van der Waals surface area contributed by atoms with E-state index in [1.54, 1.807) is 18.2 Å². The lowest BCUT2D eigenvalue weighted by molar-refractivity contribution is -0.111. The Hall–Kier alpha value is -3.27. The monoisotopic (exact) mass is 525 g/mol. The number of hydrogen-bond donors (Lipinski definition) is 2. The number of carbonyl (C=O) groups excluding carboxylic acids is 1. The fourth-order valence-electron chi connectivity index (χ4n) is 4.22. The maximum atomic E-state index is 13.6. The molecule has 2 aliphatic rings. The van der Waals surface area contributed by atoms with E-state index >= 15 is 0 Å². The number of nitrogens with one attached hydrogen (secondary N) is 2. The standard InChI is InChI=1S/C27H29ClFN5O3/c28-21-14-18(7-8-22(21)29)32-27-20-15-24(25(37-19-4-1-5-19)16-23(20)30-17-31-27)33-26(35)6-2-9-34-10-3-12-36-13-11-34/h2,6-8,14-17,19H,1,3-5,9-13H2,(H,33,35)(H,30,31,32)/b6-2+. The summed E-state index contributed by atoms with van der Waals surface area (Å²) in [4.78, 5) is 23.8. The van der Waals surface area contributed by atoms with Crippen molar-refractivity contribution in [3.05, 3.63) is 59.7 Å². The number of benzene rings is 2. The second-order valence-electron chi connectivity index (χ2n) is 9.17. The Morgan fingerprint density at radius 3 is 2.89 bits per heavy atom. The van der Waals surface area contributed by atoms with Crippen LogP contribution in [-0.2, 0) is 9.53 Å². The number of aromatic nitrogens is 2. The molecule has 1 aromatic heterocycles. The molecule has 194 valence electrons. The second-order valence-corrected chi connectivity index (χ2v) is 9.58. The highest BCUT2D eigenvalue weighted by molar-refractivity contribution is 6.31. The molecule has 10 heteroatoms. The maximum Gasteiger partial charge on any atom is 0.248 e. The van der Waals surface area contributed by atoms with Crippen LogP contribution < -0.4 is 15.4 Å². The molecule has 0 atom stereocenters. The quantitative estimate of drug-likeness (QED) is 0.385. The third-order valence-corrected chi connectivity index (χ3v) is 6.76. The number of ether oxygens (including phenoxy) is 2. The number of hydrogen-bond acceptors (Lipinski definition) is 7. The molecule has 2 aromatic carbocycles. The molecule has 2 heterocycles. The molecule has 0 bridgehead atoms. The number of nitrogens with zero attached hydrogens (tertiary/aromatic N) is 3. The van der Waals surface area contributed by atoms with Crippen LogP contribution in [0.25, 0.3) is 10.9 Å². The molecule has 0 radical (unpaired) electrons. The summed E-state index contributed by atoms with van der Waals surface area (Å²) < 4.78 is 25.3. The Balaban J connectivity index is 1.38. The van der Waals surface area contributed by atoms with E-state index in [0.29, 0.717) is 47.0 Å². The third kappa shape index (κ3) is 6.54. The Morgan fingerprint density at radius 1 is 1.19 bits per heavy atom. The molecule has 37 heavy (non-hydrogen) atoms. The van der Waals surface area contributed by atoms with E-state index in [9.17, 15) is 9.18 Å². The smallest absolute Gasteiger partial charge is 0.248 e. The van der Waals surface area contributed by atoms with Gasteiger partial charge in [0.2, 0.25) is 5.91 Å². The van der Waals surface area contributed by atoms with Crippen molar-refractivity contribution in [2.24, 2.45) is 0 Å². The van der Waals surface area contributed by atoms with Crippen molar-refractivity contribution in [1.82, 2.24) is 14.9 Å². The van der Waals surface area contributed by atoms with Gasteiger partial charge in [0.1, 0.15) is 23.7 Å². The van der Waals surface area contributed by atoms with Gasteiger partial charge >= 0.3 is 0 Å². The van der Waals surface area contributed by atoms with E-state index in [1.165, 1.54) is 18.5 Å². The summed E-state index contributed by atoms with van der Waals surface area (Å²) in [5, 5.41) is 6.81. The van der Waals surface area contributed by atoms with Crippen LogP contribution in [0.5, 0.6) is 5.75 Å². The molecular weight excluding hydrogens is 497 g/mol. The van der Waals surface area contributed by atoms with Gasteiger partial charge in [-0.1, -0.05) is 17.7 Å². The van der Waals surface area contributed by atoms with Crippen molar-refractivity contribution in [2.75, 3.05) is 43.5 Å². The molecule has 1 saturated heterocycles. The molecule has 8 nitrogen and oxygen atoms in total. The highest BCUT2D eigenvalue weighted by Crippen LogP contribution is 2.36. The summed E-state index contributed by atoms with van der Waals surface area (Å²) in [6, 6.07) is 7.97. The number of anilines is 3. The van der Waals surface area contributed by atoms with E-state index in [0.717, 1.165) is 45.4 Å². The first-order valence-corrected chi connectivity index (χ1v) is 12.9. The fraction of sp³-hybridized carbons (Fsp3) is 0.370. The molecule has 3 aromatic rings. The Morgan fingerprint density at radius 2 is 2.08 bits per heavy atom. The zero-order valence-electron chi connectivity index (χ0n) is 20.4. The summed E-state index contributed by atoms with van der Waals surface area (Å²) in [6.07, 6.45) is 9.04. The molecule has 0 spiro atoms. The number of carbonyl (C=O) groups is 1. The molecule has 5 rings (SSSR count). The lowest BCUT2D eigenvalue weighted by Gasteiger charge is -2.27. The van der Waals surface area contributed by atoms with Crippen LogP contribution in [0.3, 0.4) is 0 Å². The number of rotatable bonds is 8. The van der Waals surface area contributed by atoms with E-state index in [2.05, 4.69) is 25.5 Å². The largest absolute Gasteiger partial charge is 0.488 e. The first kappa shape index (κ1) is 25.4. The van der Waals surface area contributed by atoms with Crippen molar-refractivity contribution < 1.29 is 18.7 Å². The minimum atomic E-state index is -0.500. The van der Waals surface area contributed by atoms with Gasteiger partial charge in [-0.05, 0) is 49.9 Å². The van der Waals surface area contributed by atoms with Crippen molar-refractivity contribution >= 4 is 45.6 Å². The Kier molecular flexibility index (Phi) is 8.13. The van der Waals surface area contributed by atoms with Crippen LogP contribution in [0.2, 0.25) is 5.02 Å². The first-order chi connectivity index (χ1) is 18.0.